The predicted octanol–water partition coefficient (Wildman–Crippen LogP) is -1.28. The second-order valence-electron chi connectivity index (χ2n) is 6.33. The first-order valence-corrected chi connectivity index (χ1v) is 10.5. The Morgan fingerprint density at radius 3 is 3.23 bits per heavy atom. The number of hydrogen-bond donors (Lipinski definition) is 3. The van der Waals surface area contributed by atoms with Crippen molar-refractivity contribution < 1.29 is 23.4 Å². The first kappa shape index (κ1) is 17.7. The summed E-state index contributed by atoms with van der Waals surface area (Å²) in [6, 6.07) is 2.01. The van der Waals surface area contributed by atoms with Gasteiger partial charge in [-0.05, 0) is 0 Å². The molecule has 4 rings (SSSR count). The third-order valence-electron chi connectivity index (χ3n) is 4.61. The molecule has 0 spiro atoms. The molecule has 1 aromatic rings. The summed E-state index contributed by atoms with van der Waals surface area (Å²) in [4.78, 5) is 9.98. The van der Waals surface area contributed by atoms with Crippen molar-refractivity contribution in [2.75, 3.05) is 35.8 Å². The van der Waals surface area contributed by atoms with E-state index < -0.39 is 32.4 Å². The minimum atomic E-state index is -2.92. The second-order valence-corrected chi connectivity index (χ2v) is 8.87. The molecule has 0 radical (unpaired) electrons. The van der Waals surface area contributed by atoms with Gasteiger partial charge in [-0.15, -0.1) is 0 Å². The van der Waals surface area contributed by atoms with Crippen molar-refractivity contribution in [3.8, 4) is 6.07 Å². The van der Waals surface area contributed by atoms with Crippen molar-refractivity contribution in [2.45, 2.75) is 31.0 Å². The van der Waals surface area contributed by atoms with Crippen molar-refractivity contribution in [1.29, 1.82) is 5.26 Å². The van der Waals surface area contributed by atoms with Crippen molar-refractivity contribution in [3.05, 3.63) is 6.33 Å². The van der Waals surface area contributed by atoms with Crippen LogP contribution >= 0.6 is 7.82 Å². The molecule has 3 aliphatic rings. The van der Waals surface area contributed by atoms with E-state index in [9.17, 15) is 5.11 Å². The van der Waals surface area contributed by atoms with Crippen LogP contribution in [0, 0.1) is 11.3 Å². The summed E-state index contributed by atoms with van der Waals surface area (Å²) in [6.45, 7) is 0.873. The van der Waals surface area contributed by atoms with Crippen molar-refractivity contribution >= 4 is 32.7 Å². The molecule has 4 N–H and O–H groups in total. The first-order chi connectivity index (χ1) is 12.5. The van der Waals surface area contributed by atoms with Crippen LogP contribution in [0.15, 0.2) is 6.33 Å². The Labute approximate surface area is 151 Å². The molecule has 4 heterocycles. The van der Waals surface area contributed by atoms with Gasteiger partial charge >= 0.3 is 151 Å². The fourth-order valence-electron chi connectivity index (χ4n) is 3.36. The topological polar surface area (TPSA) is 148 Å². The number of nitrogens with one attached hydrogen (secondary N) is 1. The van der Waals surface area contributed by atoms with Gasteiger partial charge in [-0.2, -0.15) is 0 Å². The average molecular weight is 382 g/mol. The number of anilines is 3. The van der Waals surface area contributed by atoms with Crippen LogP contribution in [0.1, 0.15) is 6.42 Å². The van der Waals surface area contributed by atoms with E-state index in [2.05, 4.69) is 15.3 Å². The number of aliphatic hydroxyl groups is 1. The molecule has 2 fully saturated rings. The molecule has 13 heteroatoms. The maximum absolute atomic E-state index is 10.8. The van der Waals surface area contributed by atoms with Crippen LogP contribution in [0.2, 0.25) is 0 Å². The Morgan fingerprint density at radius 1 is 1.58 bits per heavy atom. The number of hydrogen-bond acceptors (Lipinski definition) is 11. The third kappa shape index (κ3) is 2.97. The van der Waals surface area contributed by atoms with E-state index >= 15 is 0 Å². The Hall–Kier alpha value is -1.74. The number of aromatic nitrogens is 2. The van der Waals surface area contributed by atoms with Crippen molar-refractivity contribution in [1.82, 2.24) is 9.97 Å². The third-order valence-corrected chi connectivity index (χ3v) is 6.73. The molecule has 0 bridgehead atoms. The molecule has 140 valence electrons. The summed E-state index contributed by atoms with van der Waals surface area (Å²) in [6.07, 6.45) is -0.946. The van der Waals surface area contributed by atoms with Crippen molar-refractivity contribution in [3.63, 3.8) is 0 Å². The maximum atomic E-state index is 10.8. The van der Waals surface area contributed by atoms with Gasteiger partial charge in [0.05, 0.1) is 0 Å². The van der Waals surface area contributed by atoms with E-state index in [1.54, 1.807) is 12.5 Å². The molecule has 0 aromatic carbocycles. The average Bonchev–Trinajstić information content (AvgIpc) is 3.18. The zero-order chi connectivity index (χ0) is 18.3. The van der Waals surface area contributed by atoms with Gasteiger partial charge in [0.25, 0.3) is 0 Å². The number of rotatable bonds is 4. The second kappa shape index (κ2) is 6.77. The van der Waals surface area contributed by atoms with Crippen LogP contribution in [0.25, 0.3) is 0 Å². The van der Waals surface area contributed by atoms with Crippen LogP contribution in [0.4, 0.5) is 17.3 Å². The van der Waals surface area contributed by atoms with E-state index in [0.717, 1.165) is 0 Å². The van der Waals surface area contributed by atoms with Crippen LogP contribution in [0.3, 0.4) is 0 Å². The Bertz CT molecular complexity index is 739. The molecule has 2 saturated heterocycles. The van der Waals surface area contributed by atoms with Crippen molar-refractivity contribution in [2.24, 2.45) is 0 Å². The van der Waals surface area contributed by atoms with E-state index in [-0.39, 0.29) is 19.6 Å². The summed E-state index contributed by atoms with van der Waals surface area (Å²) in [7, 11) is -1.17. The summed E-state index contributed by atoms with van der Waals surface area (Å²) in [5, 5.41) is 22.6. The molecule has 0 aliphatic carbocycles. The van der Waals surface area contributed by atoms with Gasteiger partial charge in [0.15, 0.2) is 0 Å². The first-order valence-electron chi connectivity index (χ1n) is 8.29. The monoisotopic (exact) mass is 382 g/mol. The van der Waals surface area contributed by atoms with E-state index in [0.29, 0.717) is 24.0 Å². The molecule has 26 heavy (non-hydrogen) atoms. The molecule has 0 saturated carbocycles. The summed E-state index contributed by atoms with van der Waals surface area (Å²) < 4.78 is 23.3. The standard InChI is InChI=1S/C13H20BN6O5P/c14-26(22-3-1-2-15)23-4-7-10(25-26)9(21)13(24-7)20-6-19-8-11(16)17-5-18-12(8)20/h5,7,9-10,13,19,21,26H,1,3-4,6,14H2,(H2,16,17,18)/t7-,9+,10+,13-/m1/s1. The summed E-state index contributed by atoms with van der Waals surface area (Å²) in [5.74, 6) is 0.916. The van der Waals surface area contributed by atoms with Gasteiger partial charge in [-0.1, -0.05) is 0 Å². The van der Waals surface area contributed by atoms with Gasteiger partial charge in [0, 0.05) is 0 Å². The fourth-order valence-corrected chi connectivity index (χ4v) is 5.30. The van der Waals surface area contributed by atoms with Gasteiger partial charge in [0.1, 0.15) is 0 Å². The number of ether oxygens (including phenoxy) is 1. The number of aliphatic hydroxyl groups excluding tert-OH is 1. The summed E-state index contributed by atoms with van der Waals surface area (Å²) in [5.41, 5.74) is 6.48. The predicted molar refractivity (Wildman–Crippen MR) is 95.9 cm³/mol. The van der Waals surface area contributed by atoms with Crippen LogP contribution in [-0.4, -0.2) is 67.1 Å². The molecule has 3 aliphatic heterocycles. The van der Waals surface area contributed by atoms with E-state index in [1.807, 2.05) is 6.07 Å². The van der Waals surface area contributed by atoms with E-state index in [1.165, 1.54) is 6.33 Å². The van der Waals surface area contributed by atoms with Gasteiger partial charge in [-0.25, -0.2) is 0 Å². The molecule has 0 amide bonds. The van der Waals surface area contributed by atoms with Crippen LogP contribution in [-0.2, 0) is 18.3 Å². The quantitative estimate of drug-likeness (QED) is 0.325. The molecular weight excluding hydrogens is 362 g/mol. The minimum absolute atomic E-state index is 0.233. The Morgan fingerprint density at radius 2 is 2.42 bits per heavy atom. The van der Waals surface area contributed by atoms with Crippen LogP contribution < -0.4 is 16.0 Å². The molecular formula is C13H20BN6O5P. The van der Waals surface area contributed by atoms with Gasteiger partial charge in [-0.3, -0.25) is 0 Å². The SMILES string of the molecule is B[PH]1(OCCC#N)OC[C@H]2O[C@@H](N3CNc4c(N)ncnc43)[C@@H](O)[C@H]2O1. The van der Waals surface area contributed by atoms with Gasteiger partial charge < -0.3 is 0 Å². The number of fused-ring (bicyclic) bond motifs is 2. The van der Waals surface area contributed by atoms with Crippen LogP contribution in [0.5, 0.6) is 0 Å². The molecule has 11 nitrogen and oxygen atoms in total. The normalized spacial score (nSPS) is 33.0. The van der Waals surface area contributed by atoms with Gasteiger partial charge in [0.2, 0.25) is 0 Å². The summed E-state index contributed by atoms with van der Waals surface area (Å²) >= 11 is 0. The number of nitrogens with zero attached hydrogens (tertiary/aromatic N) is 4. The number of nitrogen functional groups attached to an aromatic ring is 1. The zero-order valence-electron chi connectivity index (χ0n) is 14.2. The fraction of sp³-hybridized carbons (Fsp3) is 0.615. The molecule has 4 atom stereocenters. The molecule has 1 aromatic heterocycles. The molecule has 0 unspecified atom stereocenters. The Kier molecular flexibility index (Phi) is 4.60. The van der Waals surface area contributed by atoms with E-state index in [4.69, 9.17) is 29.3 Å². The zero-order valence-corrected chi connectivity index (χ0v) is 15.2. The number of nitrogens with two attached hydrogens (primary N) is 1. The Balaban J connectivity index is 1.49. The number of nitriles is 1.